The fraction of sp³-hybridized carbons (Fsp3) is 0.364. The topological polar surface area (TPSA) is 122 Å². The number of hydrogen-bond donors (Lipinski definition) is 4. The molecule has 1 amide bonds. The van der Waals surface area contributed by atoms with E-state index in [-0.39, 0.29) is 17.2 Å². The van der Waals surface area contributed by atoms with E-state index in [1.165, 1.54) is 0 Å². The normalized spacial score (nSPS) is 11.9. The Balaban J connectivity index is 2.20. The molecule has 7 nitrogen and oxygen atoms in total. The molecule has 5 N–H and O–H groups in total. The molecule has 0 spiro atoms. The van der Waals surface area contributed by atoms with Gasteiger partial charge in [0.2, 0.25) is 0 Å². The number of benzene rings is 2. The summed E-state index contributed by atoms with van der Waals surface area (Å²) in [7, 11) is 0. The summed E-state index contributed by atoms with van der Waals surface area (Å²) in [5, 5.41) is 21.9. The number of nitrogens with two attached hydrogens (primary N) is 1. The van der Waals surface area contributed by atoms with E-state index in [4.69, 9.17) is 10.5 Å². The Labute approximate surface area is 198 Å². The first kappa shape index (κ1) is 25.2. The monoisotopic (exact) mass is 556 g/mol. The SMILES string of the molecule is CC(C)c1cc(Oc2c(Br)cc(C(=O)N[C@@H](CCCCN)C(=O)O)cc2Br)ccc1O. The largest absolute Gasteiger partial charge is 0.508 e. The summed E-state index contributed by atoms with van der Waals surface area (Å²) in [5.41, 5.74) is 6.49. The molecule has 2 aromatic rings. The molecule has 2 aromatic carbocycles. The number of aromatic hydroxyl groups is 1. The van der Waals surface area contributed by atoms with Gasteiger partial charge in [0, 0.05) is 11.1 Å². The maximum atomic E-state index is 12.6. The van der Waals surface area contributed by atoms with E-state index in [9.17, 15) is 19.8 Å². The maximum Gasteiger partial charge on any atom is 0.326 e. The molecule has 2 rings (SSSR count). The number of aliphatic carboxylic acids is 1. The molecule has 0 aliphatic carbocycles. The first-order chi connectivity index (χ1) is 14.6. The lowest BCUT2D eigenvalue weighted by molar-refractivity contribution is -0.139. The zero-order valence-corrected chi connectivity index (χ0v) is 20.5. The first-order valence-corrected chi connectivity index (χ1v) is 11.5. The zero-order chi connectivity index (χ0) is 23.1. The molecule has 0 unspecified atom stereocenters. The molecule has 0 bridgehead atoms. The Kier molecular flexibility index (Phi) is 9.33. The molecule has 0 radical (unpaired) electrons. The molecular formula is C22H26Br2N2O5. The highest BCUT2D eigenvalue weighted by Crippen LogP contribution is 2.39. The third-order valence-corrected chi connectivity index (χ3v) is 5.83. The average molecular weight is 558 g/mol. The number of hydrogen-bond acceptors (Lipinski definition) is 5. The highest BCUT2D eigenvalue weighted by molar-refractivity contribution is 9.11. The maximum absolute atomic E-state index is 12.6. The van der Waals surface area contributed by atoms with Gasteiger partial charge in [-0.3, -0.25) is 4.79 Å². The minimum Gasteiger partial charge on any atom is -0.508 e. The van der Waals surface area contributed by atoms with Crippen molar-refractivity contribution in [3.8, 4) is 17.2 Å². The van der Waals surface area contributed by atoms with Gasteiger partial charge in [-0.2, -0.15) is 0 Å². The highest BCUT2D eigenvalue weighted by Gasteiger charge is 2.22. The quantitative estimate of drug-likeness (QED) is 0.300. The standard InChI is InChI=1S/C22H26Br2N2O5/c1-12(2)15-11-14(6-7-19(15)27)31-20-16(23)9-13(10-17(20)24)21(28)26-18(22(29)30)5-3-4-8-25/h6-7,9-12,18,27H,3-5,8,25H2,1-2H3,(H,26,28)(H,29,30)/t18-/m0/s1. The lowest BCUT2D eigenvalue weighted by Gasteiger charge is -2.16. The van der Waals surface area contributed by atoms with E-state index in [0.717, 1.165) is 5.56 Å². The van der Waals surface area contributed by atoms with Crippen LogP contribution in [0.2, 0.25) is 0 Å². The number of carboxylic acids is 1. The van der Waals surface area contributed by atoms with Crippen LogP contribution in [-0.2, 0) is 4.79 Å². The van der Waals surface area contributed by atoms with Crippen molar-refractivity contribution < 1.29 is 24.5 Å². The van der Waals surface area contributed by atoms with Crippen LogP contribution in [0.1, 0.15) is 54.9 Å². The lowest BCUT2D eigenvalue weighted by Crippen LogP contribution is -2.40. The third kappa shape index (κ3) is 6.95. The van der Waals surface area contributed by atoms with Crippen LogP contribution in [0.15, 0.2) is 39.3 Å². The Morgan fingerprint density at radius 3 is 2.32 bits per heavy atom. The van der Waals surface area contributed by atoms with Gasteiger partial charge in [-0.25, -0.2) is 4.79 Å². The van der Waals surface area contributed by atoms with Crippen molar-refractivity contribution in [2.24, 2.45) is 5.73 Å². The van der Waals surface area contributed by atoms with Gasteiger partial charge in [0.25, 0.3) is 5.91 Å². The van der Waals surface area contributed by atoms with Crippen LogP contribution < -0.4 is 15.8 Å². The number of phenolic OH excluding ortho intramolecular Hbond substituents is 1. The van der Waals surface area contributed by atoms with Gasteiger partial charge < -0.3 is 26.0 Å². The minimum atomic E-state index is -1.09. The minimum absolute atomic E-state index is 0.119. The summed E-state index contributed by atoms with van der Waals surface area (Å²) in [6, 6.07) is 7.14. The molecule has 0 saturated heterocycles. The summed E-state index contributed by atoms with van der Waals surface area (Å²) in [4.78, 5) is 24.1. The van der Waals surface area contributed by atoms with Crippen molar-refractivity contribution in [1.82, 2.24) is 5.32 Å². The molecule has 0 aliphatic heterocycles. The van der Waals surface area contributed by atoms with E-state index in [2.05, 4.69) is 37.2 Å². The Morgan fingerprint density at radius 1 is 1.13 bits per heavy atom. The number of carbonyl (C=O) groups excluding carboxylic acids is 1. The van der Waals surface area contributed by atoms with Crippen LogP contribution in [0.3, 0.4) is 0 Å². The van der Waals surface area contributed by atoms with Gasteiger partial charge >= 0.3 is 5.97 Å². The van der Waals surface area contributed by atoms with Crippen molar-refractivity contribution in [3.63, 3.8) is 0 Å². The van der Waals surface area contributed by atoms with Crippen LogP contribution in [0, 0.1) is 0 Å². The van der Waals surface area contributed by atoms with Gasteiger partial charge in [-0.15, -0.1) is 0 Å². The van der Waals surface area contributed by atoms with Crippen molar-refractivity contribution in [2.75, 3.05) is 6.54 Å². The van der Waals surface area contributed by atoms with Gasteiger partial charge in [0.05, 0.1) is 8.95 Å². The number of phenols is 1. The van der Waals surface area contributed by atoms with Gasteiger partial charge in [0.1, 0.15) is 17.5 Å². The molecule has 9 heteroatoms. The molecule has 0 saturated carbocycles. The summed E-state index contributed by atoms with van der Waals surface area (Å²) in [6.45, 7) is 4.42. The Morgan fingerprint density at radius 2 is 1.77 bits per heavy atom. The van der Waals surface area contributed by atoms with Crippen molar-refractivity contribution in [1.29, 1.82) is 0 Å². The molecule has 168 valence electrons. The van der Waals surface area contributed by atoms with E-state index < -0.39 is 17.9 Å². The van der Waals surface area contributed by atoms with Crippen LogP contribution in [0.25, 0.3) is 0 Å². The molecule has 31 heavy (non-hydrogen) atoms. The molecule has 0 aromatic heterocycles. The number of carbonyl (C=O) groups is 2. The number of carboxylic acid groups (broad SMARTS) is 1. The number of nitrogens with one attached hydrogen (secondary N) is 1. The number of halogens is 2. The molecule has 1 atom stereocenters. The Bertz CT molecular complexity index is 926. The predicted octanol–water partition coefficient (Wildman–Crippen LogP) is 5.14. The van der Waals surface area contributed by atoms with Crippen molar-refractivity contribution in [2.45, 2.75) is 45.1 Å². The van der Waals surface area contributed by atoms with E-state index in [1.54, 1.807) is 30.3 Å². The van der Waals surface area contributed by atoms with E-state index >= 15 is 0 Å². The lowest BCUT2D eigenvalue weighted by atomic mass is 10.0. The molecule has 0 aliphatic rings. The Hall–Kier alpha value is -2.10. The number of ether oxygens (including phenoxy) is 1. The first-order valence-electron chi connectivity index (χ1n) is 9.87. The summed E-state index contributed by atoms with van der Waals surface area (Å²) in [5.74, 6) is -0.280. The number of unbranched alkanes of at least 4 members (excludes halogenated alkanes) is 1. The fourth-order valence-corrected chi connectivity index (χ4v) is 4.30. The summed E-state index contributed by atoms with van der Waals surface area (Å²) in [6.07, 6.45) is 1.61. The molecular weight excluding hydrogens is 532 g/mol. The van der Waals surface area contributed by atoms with Crippen molar-refractivity contribution >= 4 is 43.7 Å². The van der Waals surface area contributed by atoms with Crippen LogP contribution in [0.4, 0.5) is 0 Å². The van der Waals surface area contributed by atoms with Gasteiger partial charge in [-0.1, -0.05) is 13.8 Å². The van der Waals surface area contributed by atoms with Gasteiger partial charge in [-0.05, 0) is 93.9 Å². The van der Waals surface area contributed by atoms with E-state index in [1.807, 2.05) is 13.8 Å². The molecule has 0 heterocycles. The van der Waals surface area contributed by atoms with Crippen LogP contribution >= 0.6 is 31.9 Å². The highest BCUT2D eigenvalue weighted by atomic mass is 79.9. The van der Waals surface area contributed by atoms with Crippen LogP contribution in [-0.4, -0.2) is 34.7 Å². The second-order valence-electron chi connectivity index (χ2n) is 7.40. The summed E-state index contributed by atoms with van der Waals surface area (Å²) >= 11 is 6.84. The zero-order valence-electron chi connectivity index (χ0n) is 17.3. The van der Waals surface area contributed by atoms with Crippen LogP contribution in [0.5, 0.6) is 17.2 Å². The second kappa shape index (κ2) is 11.5. The second-order valence-corrected chi connectivity index (χ2v) is 9.10. The number of amides is 1. The smallest absolute Gasteiger partial charge is 0.326 e. The third-order valence-electron chi connectivity index (χ3n) is 4.65. The predicted molar refractivity (Wildman–Crippen MR) is 126 cm³/mol. The molecule has 0 fully saturated rings. The fourth-order valence-electron chi connectivity index (χ4n) is 2.96. The summed E-state index contributed by atoms with van der Waals surface area (Å²) < 4.78 is 6.99. The van der Waals surface area contributed by atoms with Gasteiger partial charge in [0.15, 0.2) is 5.75 Å². The average Bonchev–Trinajstić information content (AvgIpc) is 2.70. The van der Waals surface area contributed by atoms with E-state index in [0.29, 0.717) is 46.3 Å². The van der Waals surface area contributed by atoms with Crippen molar-refractivity contribution in [3.05, 3.63) is 50.4 Å². The number of rotatable bonds is 10.